The Labute approximate surface area is 234 Å². The van der Waals surface area contributed by atoms with E-state index in [-0.39, 0.29) is 28.4 Å². The molecule has 204 valence electrons. The number of allylic oxidation sites excluding steroid dienone is 3. The Kier molecular flexibility index (Phi) is 8.85. The largest absolute Gasteiger partial charge is 0.383 e. The maximum atomic E-state index is 13.1. The van der Waals surface area contributed by atoms with Crippen molar-refractivity contribution >= 4 is 46.6 Å². The summed E-state index contributed by atoms with van der Waals surface area (Å²) in [5.74, 6) is 0.671. The molecule has 8 nitrogen and oxygen atoms in total. The molecule has 0 radical (unpaired) electrons. The van der Waals surface area contributed by atoms with Crippen LogP contribution >= 0.6 is 23.2 Å². The number of carbonyl (C=O) groups is 2. The van der Waals surface area contributed by atoms with Crippen LogP contribution in [0, 0.1) is 0 Å². The van der Waals surface area contributed by atoms with E-state index in [2.05, 4.69) is 31.4 Å². The fourth-order valence-corrected chi connectivity index (χ4v) is 5.17. The first-order valence-corrected chi connectivity index (χ1v) is 13.6. The minimum Gasteiger partial charge on any atom is -0.383 e. The second-order valence-electron chi connectivity index (χ2n) is 10.8. The van der Waals surface area contributed by atoms with E-state index in [1.807, 2.05) is 33.9 Å². The molecule has 1 aliphatic carbocycles. The second-order valence-corrected chi connectivity index (χ2v) is 11.6. The molecule has 38 heavy (non-hydrogen) atoms. The predicted octanol–water partition coefficient (Wildman–Crippen LogP) is 6.59. The van der Waals surface area contributed by atoms with Gasteiger partial charge in [0.1, 0.15) is 5.82 Å². The van der Waals surface area contributed by atoms with Crippen molar-refractivity contribution in [1.29, 1.82) is 0 Å². The first-order valence-electron chi connectivity index (χ1n) is 12.8. The van der Waals surface area contributed by atoms with E-state index in [1.165, 1.54) is 0 Å². The molecule has 0 bridgehead atoms. The van der Waals surface area contributed by atoms with Crippen molar-refractivity contribution in [3.63, 3.8) is 0 Å². The number of carbonyl (C=O) groups excluding carboxylic acids is 2. The quantitative estimate of drug-likeness (QED) is 0.400. The van der Waals surface area contributed by atoms with Crippen molar-refractivity contribution in [3.8, 4) is 0 Å². The van der Waals surface area contributed by atoms with Crippen molar-refractivity contribution in [2.75, 3.05) is 30.9 Å². The van der Waals surface area contributed by atoms with E-state index < -0.39 is 6.03 Å². The van der Waals surface area contributed by atoms with Crippen LogP contribution in [-0.2, 0) is 14.9 Å². The zero-order valence-electron chi connectivity index (χ0n) is 22.3. The van der Waals surface area contributed by atoms with Gasteiger partial charge in [0.25, 0.3) is 0 Å². The van der Waals surface area contributed by atoms with Crippen molar-refractivity contribution in [2.24, 2.45) is 0 Å². The van der Waals surface area contributed by atoms with E-state index in [0.29, 0.717) is 36.0 Å². The second kappa shape index (κ2) is 11.9. The number of amides is 3. The van der Waals surface area contributed by atoms with Gasteiger partial charge < -0.3 is 15.0 Å². The molecule has 2 atom stereocenters. The van der Waals surface area contributed by atoms with Crippen LogP contribution in [0.5, 0.6) is 0 Å². The molecule has 2 aliphatic rings. The Balaban J connectivity index is 1.50. The molecule has 2 N–H and O–H groups in total. The van der Waals surface area contributed by atoms with Crippen LogP contribution < -0.4 is 10.6 Å². The Morgan fingerprint density at radius 3 is 2.74 bits per heavy atom. The first-order chi connectivity index (χ1) is 18.1. The third-order valence-electron chi connectivity index (χ3n) is 6.83. The first kappa shape index (κ1) is 28.2. The number of hydrogen-bond donors (Lipinski definition) is 2. The number of hydrogen-bond acceptors (Lipinski definition) is 4. The van der Waals surface area contributed by atoms with Crippen LogP contribution in [0.15, 0.2) is 48.1 Å². The molecule has 1 fully saturated rings. The lowest BCUT2D eigenvalue weighted by molar-refractivity contribution is -0.132. The lowest BCUT2D eigenvalue weighted by Crippen LogP contribution is -2.38. The molecule has 2 aromatic rings. The molecule has 0 saturated carbocycles. The summed E-state index contributed by atoms with van der Waals surface area (Å²) in [5.41, 5.74) is 2.05. The highest BCUT2D eigenvalue weighted by Gasteiger charge is 2.30. The number of methoxy groups -OCH3 is 1. The molecular weight excluding hydrogens is 525 g/mol. The Hall–Kier alpha value is -2.81. The summed E-state index contributed by atoms with van der Waals surface area (Å²) in [6.45, 7) is 7.55. The summed E-state index contributed by atoms with van der Waals surface area (Å²) < 4.78 is 7.13. The van der Waals surface area contributed by atoms with Gasteiger partial charge in [-0.15, -0.1) is 0 Å². The van der Waals surface area contributed by atoms with E-state index in [1.54, 1.807) is 25.3 Å². The number of aromatic nitrogens is 2. The molecule has 4 rings (SSSR count). The molecule has 1 saturated heterocycles. The highest BCUT2D eigenvalue weighted by Crippen LogP contribution is 2.33. The minimum atomic E-state index is -0.459. The topological polar surface area (TPSA) is 88.5 Å². The van der Waals surface area contributed by atoms with Gasteiger partial charge in [0, 0.05) is 31.6 Å². The maximum absolute atomic E-state index is 13.1. The fourth-order valence-electron chi connectivity index (χ4n) is 4.83. The molecule has 0 spiro atoms. The van der Waals surface area contributed by atoms with Gasteiger partial charge in [-0.2, -0.15) is 5.10 Å². The summed E-state index contributed by atoms with van der Waals surface area (Å²) in [7, 11) is 1.67. The monoisotopic (exact) mass is 559 g/mol. The summed E-state index contributed by atoms with van der Waals surface area (Å²) in [6.07, 6.45) is 8.95. The molecule has 1 aromatic carbocycles. The van der Waals surface area contributed by atoms with E-state index >= 15 is 0 Å². The summed E-state index contributed by atoms with van der Waals surface area (Å²) in [4.78, 5) is 28.0. The lowest BCUT2D eigenvalue weighted by atomic mass is 9.92. The van der Waals surface area contributed by atoms with Crippen molar-refractivity contribution in [3.05, 3.63) is 63.8 Å². The van der Waals surface area contributed by atoms with Crippen molar-refractivity contribution in [1.82, 2.24) is 14.7 Å². The minimum absolute atomic E-state index is 0.122. The number of likely N-dealkylation sites (tertiary alicyclic amines) is 1. The zero-order chi connectivity index (χ0) is 27.4. The average molecular weight is 561 g/mol. The smallest absolute Gasteiger partial charge is 0.324 e. The average Bonchev–Trinajstić information content (AvgIpc) is 3.50. The summed E-state index contributed by atoms with van der Waals surface area (Å²) >= 11 is 12.3. The molecular formula is C28H35Cl2N5O3. The zero-order valence-corrected chi connectivity index (χ0v) is 23.8. The van der Waals surface area contributed by atoms with Crippen LogP contribution in [0.4, 0.5) is 16.3 Å². The number of halogens is 2. The van der Waals surface area contributed by atoms with Gasteiger partial charge in [-0.25, -0.2) is 9.48 Å². The SMILES string of the molecule is COC[C@@H]1CCCN1C(=O)CC1=CC=CC(n2nc(C(C)(C)C)cc2NC(=O)Nc2cccc(Cl)c2Cl)C1. The van der Waals surface area contributed by atoms with Gasteiger partial charge in [-0.3, -0.25) is 10.1 Å². The summed E-state index contributed by atoms with van der Waals surface area (Å²) in [6, 6.07) is 6.47. The van der Waals surface area contributed by atoms with Gasteiger partial charge in [-0.1, -0.05) is 73.8 Å². The van der Waals surface area contributed by atoms with Crippen LogP contribution in [0.1, 0.15) is 58.2 Å². The number of anilines is 2. The molecule has 1 aromatic heterocycles. The van der Waals surface area contributed by atoms with E-state index in [0.717, 1.165) is 30.7 Å². The van der Waals surface area contributed by atoms with Gasteiger partial charge in [0.15, 0.2) is 0 Å². The third-order valence-corrected chi connectivity index (χ3v) is 7.65. The number of benzene rings is 1. The van der Waals surface area contributed by atoms with E-state index in [4.69, 9.17) is 33.0 Å². The van der Waals surface area contributed by atoms with Crippen LogP contribution in [-0.4, -0.2) is 52.9 Å². The Morgan fingerprint density at radius 2 is 2.00 bits per heavy atom. The molecule has 1 unspecified atom stereocenters. The highest BCUT2D eigenvalue weighted by molar-refractivity contribution is 6.44. The number of nitrogens with zero attached hydrogens (tertiary/aromatic N) is 3. The Morgan fingerprint density at radius 1 is 1.21 bits per heavy atom. The van der Waals surface area contributed by atoms with Crippen LogP contribution in [0.3, 0.4) is 0 Å². The number of ether oxygens (including phenoxy) is 1. The predicted molar refractivity (Wildman–Crippen MR) is 152 cm³/mol. The number of rotatable bonds is 7. The van der Waals surface area contributed by atoms with E-state index in [9.17, 15) is 9.59 Å². The van der Waals surface area contributed by atoms with Gasteiger partial charge in [-0.05, 0) is 31.4 Å². The molecule has 3 amide bonds. The third kappa shape index (κ3) is 6.60. The van der Waals surface area contributed by atoms with Gasteiger partial charge in [0.05, 0.1) is 40.1 Å². The van der Waals surface area contributed by atoms with Gasteiger partial charge in [0.2, 0.25) is 5.91 Å². The number of nitrogens with one attached hydrogen (secondary N) is 2. The number of urea groups is 1. The van der Waals surface area contributed by atoms with Gasteiger partial charge >= 0.3 is 6.03 Å². The van der Waals surface area contributed by atoms with Crippen LogP contribution in [0.25, 0.3) is 0 Å². The molecule has 1 aliphatic heterocycles. The Bertz CT molecular complexity index is 1250. The lowest BCUT2D eigenvalue weighted by Gasteiger charge is -2.26. The molecule has 2 heterocycles. The van der Waals surface area contributed by atoms with Crippen molar-refractivity contribution in [2.45, 2.75) is 64.0 Å². The highest BCUT2D eigenvalue weighted by atomic mass is 35.5. The molecule has 10 heteroatoms. The van der Waals surface area contributed by atoms with Crippen molar-refractivity contribution < 1.29 is 14.3 Å². The summed E-state index contributed by atoms with van der Waals surface area (Å²) in [5, 5.41) is 11.2. The van der Waals surface area contributed by atoms with Crippen LogP contribution in [0.2, 0.25) is 10.0 Å². The normalized spacial score (nSPS) is 19.4. The fraction of sp³-hybridized carbons (Fsp3) is 0.464. The maximum Gasteiger partial charge on any atom is 0.324 e. The standard InChI is InChI=1S/C28H35Cl2N5O3/c1-28(2,3)23-16-24(32-27(37)31-22-12-6-11-21(29)26(22)30)35(33-23)19-9-5-8-18(14-19)15-25(36)34-13-7-10-20(34)17-38-4/h5-6,8-9,11-12,16,19-20H,7,10,13-15,17H2,1-4H3,(H2,31,32,37)/t19?,20-/m0/s1.